The van der Waals surface area contributed by atoms with Crippen molar-refractivity contribution in [1.82, 2.24) is 14.2 Å². The smallest absolute Gasteiger partial charge is 0.264 e. The number of halogens is 1. The molecule has 0 radical (unpaired) electrons. The van der Waals surface area contributed by atoms with Crippen molar-refractivity contribution < 1.29 is 22.4 Å². The van der Waals surface area contributed by atoms with Gasteiger partial charge >= 0.3 is 0 Å². The number of rotatable bonds is 7. The number of nitrogens with one attached hydrogen (secondary N) is 1. The summed E-state index contributed by atoms with van der Waals surface area (Å²) < 4.78 is 40.4. The molecule has 4 aromatic rings. The zero-order valence-corrected chi connectivity index (χ0v) is 20.1. The monoisotopic (exact) mass is 494 g/mol. The lowest BCUT2D eigenvalue weighted by atomic mass is 10.1. The number of amides is 1. The summed E-state index contributed by atoms with van der Waals surface area (Å²) in [5, 5.41) is 7.38. The fraction of sp³-hybridized carbons (Fsp3) is 0.120. The molecule has 8 nitrogen and oxygen atoms in total. The number of aryl methyl sites for hydroxylation is 1. The lowest BCUT2D eigenvalue weighted by molar-refractivity contribution is -0.0258. The van der Waals surface area contributed by atoms with Gasteiger partial charge in [-0.3, -0.25) is 9.63 Å². The highest BCUT2D eigenvalue weighted by Gasteiger charge is 2.22. The van der Waals surface area contributed by atoms with Crippen molar-refractivity contribution >= 4 is 21.6 Å². The number of sulfonamides is 1. The Kier molecular flexibility index (Phi) is 6.79. The average molecular weight is 495 g/mol. The van der Waals surface area contributed by atoms with Crippen LogP contribution in [-0.4, -0.2) is 42.7 Å². The van der Waals surface area contributed by atoms with Crippen LogP contribution in [-0.2, 0) is 14.9 Å². The van der Waals surface area contributed by atoms with Crippen LogP contribution in [0.4, 0.5) is 10.1 Å². The van der Waals surface area contributed by atoms with Crippen molar-refractivity contribution in [3.05, 3.63) is 95.9 Å². The molecule has 1 amide bonds. The second-order valence-electron chi connectivity index (χ2n) is 7.76. The number of carbonyl (C=O) groups is 1. The maximum atomic E-state index is 13.4. The van der Waals surface area contributed by atoms with Gasteiger partial charge in [0.05, 0.1) is 23.3 Å². The van der Waals surface area contributed by atoms with Crippen LogP contribution in [0.2, 0.25) is 0 Å². The first kappa shape index (κ1) is 24.3. The summed E-state index contributed by atoms with van der Waals surface area (Å²) in [6, 6.07) is 19.1. The van der Waals surface area contributed by atoms with Crippen molar-refractivity contribution in [1.29, 1.82) is 0 Å². The third kappa shape index (κ3) is 5.14. The van der Waals surface area contributed by atoms with E-state index in [9.17, 15) is 17.6 Å². The van der Waals surface area contributed by atoms with Crippen molar-refractivity contribution in [2.24, 2.45) is 0 Å². The maximum Gasteiger partial charge on any atom is 0.264 e. The lowest BCUT2D eigenvalue weighted by Gasteiger charge is -2.14. The van der Waals surface area contributed by atoms with Gasteiger partial charge in [-0.1, -0.05) is 28.2 Å². The van der Waals surface area contributed by atoms with Gasteiger partial charge in [0.1, 0.15) is 11.5 Å². The van der Waals surface area contributed by atoms with Gasteiger partial charge < -0.3 is 5.32 Å². The van der Waals surface area contributed by atoms with Crippen LogP contribution in [0.1, 0.15) is 15.9 Å². The maximum absolute atomic E-state index is 13.4. The SMILES string of the molecule is CON(C)S(=O)(=O)c1ccc(NC(=O)c2cn(-c3ccc(F)cc3)nc2-c2cccc(C)c2)cc1. The molecular weight excluding hydrogens is 471 g/mol. The van der Waals surface area contributed by atoms with Crippen molar-refractivity contribution in [2.75, 3.05) is 19.5 Å². The first-order valence-corrected chi connectivity index (χ1v) is 12.0. The Morgan fingerprint density at radius 3 is 2.37 bits per heavy atom. The first-order chi connectivity index (χ1) is 16.7. The van der Waals surface area contributed by atoms with E-state index in [0.29, 0.717) is 22.6 Å². The molecule has 10 heteroatoms. The van der Waals surface area contributed by atoms with Crippen LogP contribution in [0.15, 0.2) is 83.9 Å². The van der Waals surface area contributed by atoms with Crippen molar-refractivity contribution in [3.8, 4) is 16.9 Å². The summed E-state index contributed by atoms with van der Waals surface area (Å²) >= 11 is 0. The van der Waals surface area contributed by atoms with Crippen LogP contribution in [0.25, 0.3) is 16.9 Å². The van der Waals surface area contributed by atoms with Gasteiger partial charge in [0, 0.05) is 24.5 Å². The highest BCUT2D eigenvalue weighted by Crippen LogP contribution is 2.26. The number of anilines is 1. The number of hydrogen-bond donors (Lipinski definition) is 1. The molecule has 35 heavy (non-hydrogen) atoms. The first-order valence-electron chi connectivity index (χ1n) is 10.6. The van der Waals surface area contributed by atoms with Crippen LogP contribution in [0.5, 0.6) is 0 Å². The molecule has 0 aliphatic carbocycles. The summed E-state index contributed by atoms with van der Waals surface area (Å²) in [6.07, 6.45) is 1.58. The van der Waals surface area contributed by atoms with Gasteiger partial charge in [-0.05, 0) is 61.5 Å². The van der Waals surface area contributed by atoms with Crippen molar-refractivity contribution in [3.63, 3.8) is 0 Å². The minimum absolute atomic E-state index is 0.0180. The molecule has 0 saturated carbocycles. The average Bonchev–Trinajstić information content (AvgIpc) is 3.30. The number of carbonyl (C=O) groups excluding carboxylic acids is 1. The highest BCUT2D eigenvalue weighted by atomic mass is 32.2. The number of benzene rings is 3. The third-order valence-electron chi connectivity index (χ3n) is 5.35. The predicted molar refractivity (Wildman–Crippen MR) is 130 cm³/mol. The molecule has 0 aliphatic heterocycles. The van der Waals surface area contributed by atoms with E-state index in [1.54, 1.807) is 18.3 Å². The van der Waals surface area contributed by atoms with E-state index in [1.807, 2.05) is 31.2 Å². The molecule has 0 fully saturated rings. The Bertz CT molecular complexity index is 1470. The molecule has 180 valence electrons. The van der Waals surface area contributed by atoms with E-state index in [1.165, 1.54) is 55.2 Å². The zero-order valence-electron chi connectivity index (χ0n) is 19.3. The Balaban J connectivity index is 1.68. The third-order valence-corrected chi connectivity index (χ3v) is 7.04. The Labute approximate surface area is 202 Å². The van der Waals surface area contributed by atoms with Crippen LogP contribution < -0.4 is 5.32 Å². The second kappa shape index (κ2) is 9.79. The Morgan fingerprint density at radius 1 is 1.06 bits per heavy atom. The normalized spacial score (nSPS) is 11.6. The van der Waals surface area contributed by atoms with Gasteiger partial charge in [-0.25, -0.2) is 17.5 Å². The molecule has 0 unspecified atom stereocenters. The molecule has 0 atom stereocenters. The summed E-state index contributed by atoms with van der Waals surface area (Å²) in [5.74, 6) is -0.806. The van der Waals surface area contributed by atoms with E-state index in [2.05, 4.69) is 10.4 Å². The van der Waals surface area contributed by atoms with E-state index >= 15 is 0 Å². The molecule has 0 spiro atoms. The zero-order chi connectivity index (χ0) is 25.2. The minimum Gasteiger partial charge on any atom is -0.322 e. The fourth-order valence-electron chi connectivity index (χ4n) is 3.43. The molecule has 0 aliphatic rings. The van der Waals surface area contributed by atoms with Gasteiger partial charge in [-0.2, -0.15) is 5.10 Å². The minimum atomic E-state index is -3.81. The van der Waals surface area contributed by atoms with Gasteiger partial charge in [0.25, 0.3) is 15.9 Å². The summed E-state index contributed by atoms with van der Waals surface area (Å²) in [7, 11) is -1.26. The molecule has 4 rings (SSSR count). The molecule has 0 bridgehead atoms. The van der Waals surface area contributed by atoms with Crippen molar-refractivity contribution in [2.45, 2.75) is 11.8 Å². The van der Waals surface area contributed by atoms with Gasteiger partial charge in [0.15, 0.2) is 0 Å². The van der Waals surface area contributed by atoms with E-state index in [4.69, 9.17) is 4.84 Å². The fourth-order valence-corrected chi connectivity index (χ4v) is 4.40. The number of nitrogens with zero attached hydrogens (tertiary/aromatic N) is 3. The van der Waals surface area contributed by atoms with Gasteiger partial charge in [0.2, 0.25) is 0 Å². The van der Waals surface area contributed by atoms with Crippen LogP contribution >= 0.6 is 0 Å². The van der Waals surface area contributed by atoms with E-state index < -0.39 is 15.9 Å². The molecule has 1 aromatic heterocycles. The number of aromatic nitrogens is 2. The Hall–Kier alpha value is -3.86. The topological polar surface area (TPSA) is 93.5 Å². The number of hydrogen-bond acceptors (Lipinski definition) is 5. The quantitative estimate of drug-likeness (QED) is 0.384. The summed E-state index contributed by atoms with van der Waals surface area (Å²) in [4.78, 5) is 18.1. The van der Waals surface area contributed by atoms with E-state index in [0.717, 1.165) is 15.6 Å². The van der Waals surface area contributed by atoms with E-state index in [-0.39, 0.29) is 10.7 Å². The summed E-state index contributed by atoms with van der Waals surface area (Å²) in [6.45, 7) is 1.94. The van der Waals surface area contributed by atoms with Crippen LogP contribution in [0.3, 0.4) is 0 Å². The second-order valence-corrected chi connectivity index (χ2v) is 9.69. The molecule has 1 heterocycles. The lowest BCUT2D eigenvalue weighted by Crippen LogP contribution is -2.25. The Morgan fingerprint density at radius 2 is 1.74 bits per heavy atom. The molecule has 3 aromatic carbocycles. The standard InChI is InChI=1S/C25H23FN4O4S/c1-17-5-4-6-18(15-17)24-23(16-30(28-24)21-11-7-19(26)8-12-21)25(31)27-20-9-13-22(14-10-20)35(32,33)29(2)34-3/h4-16H,1-3H3,(H,27,31). The molecular formula is C25H23FN4O4S. The molecule has 1 N–H and O–H groups in total. The number of hydroxylamine groups is 1. The summed E-state index contributed by atoms with van der Waals surface area (Å²) in [5.41, 5.74) is 3.50. The van der Waals surface area contributed by atoms with Crippen LogP contribution in [0, 0.1) is 12.7 Å². The highest BCUT2D eigenvalue weighted by molar-refractivity contribution is 7.89. The largest absolute Gasteiger partial charge is 0.322 e. The van der Waals surface area contributed by atoms with Gasteiger partial charge in [-0.15, -0.1) is 0 Å². The predicted octanol–water partition coefficient (Wildman–Crippen LogP) is 4.42. The molecule has 0 saturated heterocycles.